The number of carbonyl (C=O) groups is 2. The zero-order chi connectivity index (χ0) is 13.2. The van der Waals surface area contributed by atoms with Gasteiger partial charge in [0.2, 0.25) is 5.76 Å². The SMILES string of the molecule is Cc1nc(C)c(C(=O)N(C)C[C@@H](C)C(=O)O)o1. The third-order valence-electron chi connectivity index (χ3n) is 2.41. The molecule has 1 rings (SSSR count). The Bertz CT molecular complexity index is 439. The molecule has 0 unspecified atom stereocenters. The molecular weight excluding hydrogens is 224 g/mol. The molecule has 0 spiro atoms. The fourth-order valence-corrected chi connectivity index (χ4v) is 1.47. The summed E-state index contributed by atoms with van der Waals surface area (Å²) in [5.74, 6) is -1.31. The van der Waals surface area contributed by atoms with E-state index in [-0.39, 0.29) is 18.2 Å². The molecule has 0 aromatic carbocycles. The molecule has 0 saturated heterocycles. The Labute approximate surface area is 99.2 Å². The van der Waals surface area contributed by atoms with E-state index < -0.39 is 11.9 Å². The molecule has 1 amide bonds. The molecule has 0 aliphatic carbocycles. The largest absolute Gasteiger partial charge is 0.481 e. The molecule has 1 aromatic heterocycles. The van der Waals surface area contributed by atoms with E-state index in [9.17, 15) is 9.59 Å². The van der Waals surface area contributed by atoms with Gasteiger partial charge in [0.25, 0.3) is 5.91 Å². The molecule has 94 valence electrons. The Balaban J connectivity index is 2.77. The number of nitrogens with zero attached hydrogens (tertiary/aromatic N) is 2. The normalized spacial score (nSPS) is 12.2. The lowest BCUT2D eigenvalue weighted by atomic mass is 10.1. The summed E-state index contributed by atoms with van der Waals surface area (Å²) in [6.45, 7) is 5.01. The molecule has 17 heavy (non-hydrogen) atoms. The first kappa shape index (κ1) is 13.2. The second kappa shape index (κ2) is 4.99. The molecule has 6 heteroatoms. The van der Waals surface area contributed by atoms with Gasteiger partial charge in [-0.2, -0.15) is 0 Å². The molecule has 1 heterocycles. The minimum Gasteiger partial charge on any atom is -0.481 e. The lowest BCUT2D eigenvalue weighted by molar-refractivity contribution is -0.141. The third-order valence-corrected chi connectivity index (χ3v) is 2.41. The van der Waals surface area contributed by atoms with Crippen LogP contribution in [0, 0.1) is 19.8 Å². The van der Waals surface area contributed by atoms with Gasteiger partial charge in [0.1, 0.15) is 0 Å². The van der Waals surface area contributed by atoms with E-state index in [1.165, 1.54) is 4.90 Å². The smallest absolute Gasteiger partial charge is 0.308 e. The fraction of sp³-hybridized carbons (Fsp3) is 0.545. The van der Waals surface area contributed by atoms with Gasteiger partial charge in [-0.05, 0) is 6.92 Å². The van der Waals surface area contributed by atoms with Crippen molar-refractivity contribution < 1.29 is 19.1 Å². The minimum absolute atomic E-state index is 0.132. The van der Waals surface area contributed by atoms with Crippen molar-refractivity contribution in [2.24, 2.45) is 5.92 Å². The van der Waals surface area contributed by atoms with E-state index in [0.717, 1.165) is 0 Å². The van der Waals surface area contributed by atoms with Gasteiger partial charge in [0.15, 0.2) is 5.89 Å². The first-order valence-electron chi connectivity index (χ1n) is 5.25. The Morgan fingerprint density at radius 1 is 1.47 bits per heavy atom. The van der Waals surface area contributed by atoms with Crippen LogP contribution in [0.2, 0.25) is 0 Å². The summed E-state index contributed by atoms with van der Waals surface area (Å²) in [5, 5.41) is 8.77. The van der Waals surface area contributed by atoms with Crippen molar-refractivity contribution in [2.75, 3.05) is 13.6 Å². The lowest BCUT2D eigenvalue weighted by Crippen LogP contribution is -2.33. The molecule has 0 fully saturated rings. The fourth-order valence-electron chi connectivity index (χ4n) is 1.47. The van der Waals surface area contributed by atoms with Crippen molar-refractivity contribution in [3.05, 3.63) is 17.3 Å². The summed E-state index contributed by atoms with van der Waals surface area (Å²) in [7, 11) is 1.54. The van der Waals surface area contributed by atoms with Crippen molar-refractivity contribution in [1.82, 2.24) is 9.88 Å². The number of aryl methyl sites for hydroxylation is 2. The zero-order valence-electron chi connectivity index (χ0n) is 10.4. The Morgan fingerprint density at radius 2 is 2.06 bits per heavy atom. The predicted molar refractivity (Wildman–Crippen MR) is 59.7 cm³/mol. The molecule has 0 radical (unpaired) electrons. The molecule has 0 saturated carbocycles. The number of hydrogen-bond donors (Lipinski definition) is 1. The van der Waals surface area contributed by atoms with Crippen LogP contribution in [0.25, 0.3) is 0 Å². The first-order chi connectivity index (χ1) is 7.82. The molecular formula is C11H16N2O4. The summed E-state index contributed by atoms with van der Waals surface area (Å²) < 4.78 is 5.19. The van der Waals surface area contributed by atoms with Crippen molar-refractivity contribution in [2.45, 2.75) is 20.8 Å². The summed E-state index contributed by atoms with van der Waals surface area (Å²) in [6.07, 6.45) is 0. The molecule has 0 aliphatic rings. The summed E-state index contributed by atoms with van der Waals surface area (Å²) in [5.41, 5.74) is 0.516. The molecule has 1 N–H and O–H groups in total. The van der Waals surface area contributed by atoms with Gasteiger partial charge < -0.3 is 14.4 Å². The topological polar surface area (TPSA) is 83.6 Å². The second-order valence-corrected chi connectivity index (χ2v) is 4.07. The predicted octanol–water partition coefficient (Wildman–Crippen LogP) is 1.08. The monoisotopic (exact) mass is 240 g/mol. The zero-order valence-corrected chi connectivity index (χ0v) is 10.4. The van der Waals surface area contributed by atoms with Crippen molar-refractivity contribution in [3.8, 4) is 0 Å². The number of carboxylic acid groups (broad SMARTS) is 1. The standard InChI is InChI=1S/C11H16N2O4/c1-6(11(15)16)5-13(4)10(14)9-7(2)12-8(3)17-9/h6H,5H2,1-4H3,(H,15,16)/t6-/m1/s1. The number of hydrogen-bond acceptors (Lipinski definition) is 4. The van der Waals surface area contributed by atoms with Crippen LogP contribution >= 0.6 is 0 Å². The van der Waals surface area contributed by atoms with Gasteiger partial charge in [-0.1, -0.05) is 6.92 Å². The van der Waals surface area contributed by atoms with E-state index in [4.69, 9.17) is 9.52 Å². The van der Waals surface area contributed by atoms with Crippen LogP contribution in [0.15, 0.2) is 4.42 Å². The molecule has 1 aromatic rings. The molecule has 1 atom stereocenters. The Morgan fingerprint density at radius 3 is 2.47 bits per heavy atom. The van der Waals surface area contributed by atoms with Gasteiger partial charge in [-0.15, -0.1) is 0 Å². The highest BCUT2D eigenvalue weighted by Gasteiger charge is 2.23. The highest BCUT2D eigenvalue weighted by atomic mass is 16.4. The van der Waals surface area contributed by atoms with Gasteiger partial charge in [0, 0.05) is 20.5 Å². The number of rotatable bonds is 4. The van der Waals surface area contributed by atoms with Gasteiger partial charge >= 0.3 is 5.97 Å². The maximum absolute atomic E-state index is 11.9. The van der Waals surface area contributed by atoms with Crippen LogP contribution < -0.4 is 0 Å². The summed E-state index contributed by atoms with van der Waals surface area (Å²) >= 11 is 0. The van der Waals surface area contributed by atoms with Gasteiger partial charge in [-0.3, -0.25) is 9.59 Å². The lowest BCUT2D eigenvalue weighted by Gasteiger charge is -2.18. The van der Waals surface area contributed by atoms with E-state index in [2.05, 4.69) is 4.98 Å². The van der Waals surface area contributed by atoms with Crippen LogP contribution in [0.1, 0.15) is 29.1 Å². The van der Waals surface area contributed by atoms with Crippen LogP contribution in [0.5, 0.6) is 0 Å². The summed E-state index contributed by atoms with van der Waals surface area (Å²) in [4.78, 5) is 28.0. The number of amides is 1. The van der Waals surface area contributed by atoms with Crippen LogP contribution in [0.3, 0.4) is 0 Å². The van der Waals surface area contributed by atoms with Gasteiger partial charge in [-0.25, -0.2) is 4.98 Å². The minimum atomic E-state index is -0.935. The number of aromatic nitrogens is 1. The second-order valence-electron chi connectivity index (χ2n) is 4.07. The molecule has 0 bridgehead atoms. The average Bonchev–Trinajstić information content (AvgIpc) is 2.56. The first-order valence-corrected chi connectivity index (χ1v) is 5.25. The third kappa shape index (κ3) is 3.05. The quantitative estimate of drug-likeness (QED) is 0.851. The number of aliphatic carboxylic acids is 1. The maximum atomic E-state index is 11.9. The van der Waals surface area contributed by atoms with E-state index >= 15 is 0 Å². The highest BCUT2D eigenvalue weighted by molar-refractivity contribution is 5.92. The van der Waals surface area contributed by atoms with Crippen molar-refractivity contribution in [3.63, 3.8) is 0 Å². The number of carbonyl (C=O) groups excluding carboxylic acids is 1. The van der Waals surface area contributed by atoms with Gasteiger partial charge in [0.05, 0.1) is 11.6 Å². The van der Waals surface area contributed by atoms with Crippen molar-refractivity contribution in [1.29, 1.82) is 0 Å². The van der Waals surface area contributed by atoms with Crippen LogP contribution in [0.4, 0.5) is 0 Å². The highest BCUT2D eigenvalue weighted by Crippen LogP contribution is 2.12. The number of oxazole rings is 1. The Hall–Kier alpha value is -1.85. The maximum Gasteiger partial charge on any atom is 0.308 e. The average molecular weight is 240 g/mol. The van der Waals surface area contributed by atoms with Crippen LogP contribution in [-0.4, -0.2) is 40.5 Å². The van der Waals surface area contributed by atoms with Crippen LogP contribution in [-0.2, 0) is 4.79 Å². The molecule has 0 aliphatic heterocycles. The van der Waals surface area contributed by atoms with E-state index in [1.54, 1.807) is 27.8 Å². The summed E-state index contributed by atoms with van der Waals surface area (Å²) in [6, 6.07) is 0. The number of carboxylic acids is 1. The Kier molecular flexibility index (Phi) is 3.88. The molecule has 6 nitrogen and oxygen atoms in total. The van der Waals surface area contributed by atoms with E-state index in [0.29, 0.717) is 11.6 Å². The van der Waals surface area contributed by atoms with E-state index in [1.807, 2.05) is 0 Å². The van der Waals surface area contributed by atoms with Crippen molar-refractivity contribution >= 4 is 11.9 Å².